The van der Waals surface area contributed by atoms with E-state index < -0.39 is 45.9 Å². The summed E-state index contributed by atoms with van der Waals surface area (Å²) >= 11 is 19.1. The Kier molecular flexibility index (Phi) is 36.3. The number of benzene rings is 8. The summed E-state index contributed by atoms with van der Waals surface area (Å²) in [5.74, 6) is 0. The number of hydrogen-bond donors (Lipinski definition) is 2. The quantitative estimate of drug-likeness (QED) is 0.112. The van der Waals surface area contributed by atoms with Crippen LogP contribution in [-0.2, 0) is 33.0 Å². The maximum Gasteiger partial charge on any atom is 2.00 e. The Morgan fingerprint density at radius 2 is 0.430 bits per heavy atom. The molecule has 0 spiro atoms. The monoisotopic (exact) mass is 1450 g/mol. The molecule has 12 rings (SSSR count). The van der Waals surface area contributed by atoms with Crippen molar-refractivity contribution in [3.05, 3.63) is 243 Å². The van der Waals surface area contributed by atoms with Gasteiger partial charge in [0.15, 0.2) is 0 Å². The summed E-state index contributed by atoms with van der Waals surface area (Å²) in [5.41, 5.74) is 0. The first kappa shape index (κ1) is 78.1. The predicted octanol–water partition coefficient (Wildman–Crippen LogP) is 2.99. The van der Waals surface area contributed by atoms with Crippen molar-refractivity contribution in [2.75, 3.05) is 63.0 Å². The van der Waals surface area contributed by atoms with Crippen molar-refractivity contribution in [1.29, 1.82) is 0 Å². The molecule has 0 aromatic heterocycles. The molecule has 0 aliphatic carbocycles. The third-order valence-electron chi connectivity index (χ3n) is 15.8. The van der Waals surface area contributed by atoms with Crippen LogP contribution in [0.5, 0.6) is 0 Å². The van der Waals surface area contributed by atoms with Gasteiger partial charge in [-0.15, -0.1) is 46.4 Å². The SMILES string of the molecule is ClCCl.ClCCl.F[B-]12N([PH+](c3ccccc3)c3ccccc3)CCC[NH+]1CCCN2[PH+](c1ccccc1)c1ccccc1.F[B-]12N([PH+](c3ccccc3)c3ccccc3)CCC[NH+]1CCCN2[PH+](c1ccccc1)c1ccccc1.[Cl-].[Cl-].[Ni+2].[Ni+2].[OH-].[OH-]. The minimum atomic E-state index is -2.48. The number of alkyl halides is 4. The third-order valence-corrected chi connectivity index (χ3v) is 27.4. The van der Waals surface area contributed by atoms with E-state index in [2.05, 4.69) is 261 Å². The van der Waals surface area contributed by atoms with Gasteiger partial charge in [0.1, 0.15) is 74.7 Å². The van der Waals surface area contributed by atoms with Crippen LogP contribution < -0.4 is 76.9 Å². The van der Waals surface area contributed by atoms with Gasteiger partial charge in [-0.05, 0) is 97.1 Å². The number of halogens is 8. The molecule has 24 heteroatoms. The van der Waals surface area contributed by atoms with Crippen molar-refractivity contribution >= 4 is 135 Å². The van der Waals surface area contributed by atoms with E-state index in [1.807, 2.05) is 0 Å². The fourth-order valence-electron chi connectivity index (χ4n) is 12.7. The van der Waals surface area contributed by atoms with E-state index in [1.54, 1.807) is 0 Å². The van der Waals surface area contributed by atoms with Crippen LogP contribution in [0.3, 0.4) is 0 Å². The average Bonchev–Trinajstić information content (AvgIpc) is 1.11. The second-order valence-corrected chi connectivity index (χ2v) is 31.7. The Labute approximate surface area is 566 Å². The Balaban J connectivity index is 0.000000388. The summed E-state index contributed by atoms with van der Waals surface area (Å²) in [6.07, 6.45) is 4.12. The fourth-order valence-corrected chi connectivity index (χ4v) is 25.2. The molecule has 0 bridgehead atoms. The van der Waals surface area contributed by atoms with Gasteiger partial charge in [-0.25, -0.2) is 18.3 Å². The summed E-state index contributed by atoms with van der Waals surface area (Å²) in [5, 5.41) is 10.5. The second kappa shape index (κ2) is 40.0. The van der Waals surface area contributed by atoms with Gasteiger partial charge in [0.05, 0.1) is 10.7 Å². The topological polar surface area (TPSA) is 81.8 Å². The molecule has 0 amide bonds. The van der Waals surface area contributed by atoms with Crippen LogP contribution in [0.25, 0.3) is 0 Å². The summed E-state index contributed by atoms with van der Waals surface area (Å²) in [6, 6.07) is 85.6. The molecule has 4 aliphatic rings. The van der Waals surface area contributed by atoms with E-state index in [-0.39, 0.29) is 79.4 Å². The predicted molar refractivity (Wildman–Crippen MR) is 359 cm³/mol. The molecule has 0 saturated carbocycles. The third kappa shape index (κ3) is 18.6. The maximum atomic E-state index is 18.5. The second-order valence-electron chi connectivity index (χ2n) is 20.4. The van der Waals surface area contributed by atoms with Gasteiger partial charge in [0, 0.05) is 78.0 Å². The molecular weight excluding hydrogens is 1370 g/mol. The molecule has 8 nitrogen and oxygen atoms in total. The molecule has 4 N–H and O–H groups in total. The summed E-state index contributed by atoms with van der Waals surface area (Å²) < 4.78 is 46.4. The van der Waals surface area contributed by atoms with Crippen molar-refractivity contribution in [2.45, 2.75) is 25.7 Å². The largest absolute Gasteiger partial charge is 2.00 e. The van der Waals surface area contributed by atoms with Crippen molar-refractivity contribution in [3.8, 4) is 0 Å². The maximum absolute atomic E-state index is 18.5. The van der Waals surface area contributed by atoms with Crippen LogP contribution in [0.4, 0.5) is 8.63 Å². The molecular formula is C62H76B2Cl6F2N6Ni2O2P4+4. The van der Waals surface area contributed by atoms with Gasteiger partial charge >= 0.3 is 46.6 Å². The van der Waals surface area contributed by atoms with Crippen molar-refractivity contribution in [3.63, 3.8) is 0 Å². The van der Waals surface area contributed by atoms with Crippen molar-refractivity contribution in [2.24, 2.45) is 0 Å². The molecule has 0 radical (unpaired) electrons. The molecule has 0 unspecified atom stereocenters. The molecule has 86 heavy (non-hydrogen) atoms. The number of nitrogens with zero attached hydrogens (tertiary/aromatic N) is 4. The van der Waals surface area contributed by atoms with Crippen molar-refractivity contribution < 1.29 is 87.0 Å². The van der Waals surface area contributed by atoms with Crippen LogP contribution in [0, 0.1) is 0 Å². The Hall–Kier alpha value is -2.12. The minimum Gasteiger partial charge on any atom is -1.00 e. The van der Waals surface area contributed by atoms with Crippen LogP contribution in [-0.4, -0.2) is 106 Å². The van der Waals surface area contributed by atoms with Gasteiger partial charge < -0.3 is 54.0 Å². The van der Waals surface area contributed by atoms with E-state index in [9.17, 15) is 0 Å². The first-order valence-electron chi connectivity index (χ1n) is 28.0. The average molecular weight is 1450 g/mol. The van der Waals surface area contributed by atoms with Crippen molar-refractivity contribution in [1.82, 2.24) is 18.3 Å². The van der Waals surface area contributed by atoms with Gasteiger partial charge in [-0.1, -0.05) is 146 Å². The Morgan fingerprint density at radius 3 is 0.558 bits per heavy atom. The van der Waals surface area contributed by atoms with E-state index in [0.29, 0.717) is 0 Å². The van der Waals surface area contributed by atoms with Crippen LogP contribution in [0.15, 0.2) is 243 Å². The number of fused-ring (bicyclic) bond motifs is 2. The molecule has 4 saturated heterocycles. The van der Waals surface area contributed by atoms with Gasteiger partial charge in [0.2, 0.25) is 0 Å². The summed E-state index contributed by atoms with van der Waals surface area (Å²) in [6.45, 7) is 1.86. The summed E-state index contributed by atoms with van der Waals surface area (Å²) in [4.78, 5) is 2.28. The Bertz CT molecular complexity index is 2510. The summed E-state index contributed by atoms with van der Waals surface area (Å²) in [7, 11) is -6.06. The number of nitrogens with one attached hydrogen (secondary N) is 2. The standard InChI is InChI=1S/2C30H33BFN3P2.2CH2Cl2.2ClH.2Ni.2H2O/c2*32-31-33(23-13-25-34(31)36(27-15-5-1-6-16-27)28-17-7-2-8-18-28)24-14-26-35(31)37(29-19-9-3-10-20-29)30-21-11-4-12-22-30;2*2-1-3;;;;;;/h2*1-12,15-22,33H,13-14,23-26H2;2*1H2;2*1H;;;2*1H2/q;;;;;;2*+2;;. The number of quaternary nitrogens is 2. The van der Waals surface area contributed by atoms with E-state index in [1.165, 1.54) is 42.4 Å². The van der Waals surface area contributed by atoms with E-state index in [0.717, 1.165) is 87.7 Å². The van der Waals surface area contributed by atoms with Crippen LogP contribution in [0.2, 0.25) is 0 Å². The first-order chi connectivity index (χ1) is 39.4. The number of rotatable bonds is 12. The first-order valence-corrected chi connectivity index (χ1v) is 35.9. The number of hydrogen-bond acceptors (Lipinski definition) is 6. The zero-order valence-corrected chi connectivity index (χ0v) is 58.0. The fraction of sp³-hybridized carbons (Fsp3) is 0.226. The molecule has 464 valence electrons. The zero-order chi connectivity index (χ0) is 55.6. The molecule has 4 aliphatic heterocycles. The van der Waals surface area contributed by atoms with Gasteiger partial charge in [-0.2, -0.15) is 0 Å². The van der Waals surface area contributed by atoms with Gasteiger partial charge in [-0.3, -0.25) is 0 Å². The van der Waals surface area contributed by atoms with Crippen LogP contribution >= 0.6 is 78.7 Å². The molecule has 4 heterocycles. The minimum absolute atomic E-state index is 0. The smallest absolute Gasteiger partial charge is 1.00 e. The molecule has 4 fully saturated rings. The normalized spacial score (nSPS) is 20.0. The van der Waals surface area contributed by atoms with E-state index >= 15 is 8.63 Å². The molecule has 8 aromatic rings. The Morgan fingerprint density at radius 1 is 0.302 bits per heavy atom. The van der Waals surface area contributed by atoms with E-state index in [4.69, 9.17) is 46.4 Å². The zero-order valence-electron chi connectivity index (χ0n) is 47.5. The molecule has 8 aromatic carbocycles. The van der Waals surface area contributed by atoms with Crippen LogP contribution in [0.1, 0.15) is 25.7 Å². The molecule has 0 atom stereocenters. The van der Waals surface area contributed by atoms with Gasteiger partial charge in [0.25, 0.3) is 0 Å².